The summed E-state index contributed by atoms with van der Waals surface area (Å²) in [5, 5.41) is 4.59. The molecular formula is C16H19N3O2. The molecule has 0 bridgehead atoms. The van der Waals surface area contributed by atoms with Gasteiger partial charge in [-0.2, -0.15) is 0 Å². The van der Waals surface area contributed by atoms with Crippen molar-refractivity contribution in [2.45, 2.75) is 25.9 Å². The molecule has 0 radical (unpaired) electrons. The van der Waals surface area contributed by atoms with Crippen LogP contribution >= 0.6 is 0 Å². The van der Waals surface area contributed by atoms with E-state index >= 15 is 0 Å². The quantitative estimate of drug-likeness (QED) is 0.846. The Morgan fingerprint density at radius 2 is 2.38 bits per heavy atom. The zero-order valence-electron chi connectivity index (χ0n) is 12.1. The molecule has 2 aromatic rings. The molecule has 5 nitrogen and oxygen atoms in total. The van der Waals surface area contributed by atoms with Crippen molar-refractivity contribution in [3.63, 3.8) is 0 Å². The summed E-state index contributed by atoms with van der Waals surface area (Å²) in [5.41, 5.74) is 8.08. The molecule has 1 aromatic carbocycles. The third kappa shape index (κ3) is 2.69. The molecule has 1 aliphatic heterocycles. The van der Waals surface area contributed by atoms with Gasteiger partial charge in [-0.1, -0.05) is 12.1 Å². The van der Waals surface area contributed by atoms with Crippen molar-refractivity contribution >= 4 is 22.4 Å². The van der Waals surface area contributed by atoms with E-state index in [9.17, 15) is 4.79 Å². The Labute approximate surface area is 123 Å². The molecule has 3 rings (SSSR count). The van der Waals surface area contributed by atoms with E-state index in [0.29, 0.717) is 17.9 Å². The van der Waals surface area contributed by atoms with Crippen LogP contribution in [0.3, 0.4) is 0 Å². The lowest BCUT2D eigenvalue weighted by molar-refractivity contribution is 0.0855. The molecule has 110 valence electrons. The van der Waals surface area contributed by atoms with Crippen LogP contribution in [0, 0.1) is 6.92 Å². The van der Waals surface area contributed by atoms with Crippen LogP contribution in [0.2, 0.25) is 0 Å². The summed E-state index contributed by atoms with van der Waals surface area (Å²) in [6, 6.07) is 5.56. The lowest BCUT2D eigenvalue weighted by Gasteiger charge is -2.13. The minimum absolute atomic E-state index is 0.121. The number of carbonyl (C=O) groups excluding carboxylic acids is 1. The van der Waals surface area contributed by atoms with E-state index in [4.69, 9.17) is 10.5 Å². The molecule has 1 aromatic heterocycles. The van der Waals surface area contributed by atoms with E-state index in [1.165, 1.54) is 0 Å². The third-order valence-electron chi connectivity index (χ3n) is 3.86. The van der Waals surface area contributed by atoms with Crippen molar-refractivity contribution in [2.24, 2.45) is 0 Å². The van der Waals surface area contributed by atoms with Crippen LogP contribution in [0.4, 0.5) is 5.69 Å². The number of ether oxygens (including phenoxy) is 1. The van der Waals surface area contributed by atoms with Gasteiger partial charge in [0.25, 0.3) is 5.91 Å². The molecule has 1 atom stereocenters. The summed E-state index contributed by atoms with van der Waals surface area (Å²) in [5.74, 6) is -0.180. The number of fused-ring (bicyclic) bond motifs is 1. The minimum atomic E-state index is -0.180. The summed E-state index contributed by atoms with van der Waals surface area (Å²) >= 11 is 0. The van der Waals surface area contributed by atoms with Crippen LogP contribution in [-0.4, -0.2) is 30.1 Å². The van der Waals surface area contributed by atoms with E-state index in [2.05, 4.69) is 10.3 Å². The van der Waals surface area contributed by atoms with Gasteiger partial charge in [-0.25, -0.2) is 0 Å². The summed E-state index contributed by atoms with van der Waals surface area (Å²) in [6.07, 6.45) is 3.87. The molecule has 5 heteroatoms. The van der Waals surface area contributed by atoms with Crippen molar-refractivity contribution in [1.82, 2.24) is 10.3 Å². The van der Waals surface area contributed by atoms with Crippen LogP contribution in [0.15, 0.2) is 24.4 Å². The Bertz CT molecular complexity index is 670. The zero-order chi connectivity index (χ0) is 14.8. The van der Waals surface area contributed by atoms with Gasteiger partial charge < -0.3 is 15.8 Å². The lowest BCUT2D eigenvalue weighted by Crippen LogP contribution is -2.32. The van der Waals surface area contributed by atoms with E-state index < -0.39 is 0 Å². The highest BCUT2D eigenvalue weighted by Crippen LogP contribution is 2.26. The van der Waals surface area contributed by atoms with Crippen LogP contribution < -0.4 is 11.1 Å². The van der Waals surface area contributed by atoms with Gasteiger partial charge in [0.05, 0.1) is 6.10 Å². The first kappa shape index (κ1) is 13.8. The molecule has 0 aliphatic carbocycles. The van der Waals surface area contributed by atoms with Crippen molar-refractivity contribution in [2.75, 3.05) is 18.9 Å². The number of amides is 1. The topological polar surface area (TPSA) is 77.2 Å². The number of nitrogens with zero attached hydrogens (tertiary/aromatic N) is 1. The second-order valence-corrected chi connectivity index (χ2v) is 5.40. The number of nitrogen functional groups attached to an aromatic ring is 1. The SMILES string of the molecule is Cc1cnc(C(=O)NCC2CCCO2)c2cccc(N)c12. The van der Waals surface area contributed by atoms with Gasteiger partial charge in [0, 0.05) is 35.8 Å². The molecule has 1 saturated heterocycles. The van der Waals surface area contributed by atoms with Gasteiger partial charge in [0.15, 0.2) is 0 Å². The number of carbonyl (C=O) groups is 1. The second kappa shape index (κ2) is 5.69. The van der Waals surface area contributed by atoms with E-state index in [1.54, 1.807) is 6.20 Å². The summed E-state index contributed by atoms with van der Waals surface area (Å²) in [4.78, 5) is 16.7. The zero-order valence-corrected chi connectivity index (χ0v) is 12.1. The van der Waals surface area contributed by atoms with Crippen LogP contribution in [0.5, 0.6) is 0 Å². The summed E-state index contributed by atoms with van der Waals surface area (Å²) < 4.78 is 5.51. The van der Waals surface area contributed by atoms with Gasteiger partial charge in [0.1, 0.15) is 5.69 Å². The Morgan fingerprint density at radius 3 is 3.14 bits per heavy atom. The average molecular weight is 285 g/mol. The number of anilines is 1. The molecule has 1 fully saturated rings. The maximum Gasteiger partial charge on any atom is 0.270 e. The van der Waals surface area contributed by atoms with Gasteiger partial charge in [-0.05, 0) is 31.4 Å². The number of pyridine rings is 1. The largest absolute Gasteiger partial charge is 0.398 e. The van der Waals surface area contributed by atoms with E-state index in [0.717, 1.165) is 35.8 Å². The number of aromatic nitrogens is 1. The first-order chi connectivity index (χ1) is 10.2. The van der Waals surface area contributed by atoms with Crippen LogP contribution in [0.1, 0.15) is 28.9 Å². The number of nitrogens with two attached hydrogens (primary N) is 1. The van der Waals surface area contributed by atoms with Crippen LogP contribution in [0.25, 0.3) is 10.8 Å². The Balaban J connectivity index is 1.87. The van der Waals surface area contributed by atoms with Gasteiger partial charge in [0.2, 0.25) is 0 Å². The smallest absolute Gasteiger partial charge is 0.270 e. The van der Waals surface area contributed by atoms with Crippen molar-refractivity contribution < 1.29 is 9.53 Å². The standard InChI is InChI=1S/C16H19N3O2/c1-10-8-18-15(12-5-2-6-13(17)14(10)12)16(20)19-9-11-4-3-7-21-11/h2,5-6,8,11H,3-4,7,9,17H2,1H3,(H,19,20). The highest BCUT2D eigenvalue weighted by atomic mass is 16.5. The average Bonchev–Trinajstić information content (AvgIpc) is 2.98. The molecule has 3 N–H and O–H groups in total. The number of benzene rings is 1. The summed E-state index contributed by atoms with van der Waals surface area (Å²) in [7, 11) is 0. The van der Waals surface area contributed by atoms with Gasteiger partial charge >= 0.3 is 0 Å². The first-order valence-electron chi connectivity index (χ1n) is 7.20. The Kier molecular flexibility index (Phi) is 3.75. The fourth-order valence-electron chi connectivity index (χ4n) is 2.78. The fraction of sp³-hybridized carbons (Fsp3) is 0.375. The number of hydrogen-bond acceptors (Lipinski definition) is 4. The van der Waals surface area contributed by atoms with E-state index in [1.807, 2.05) is 25.1 Å². The summed E-state index contributed by atoms with van der Waals surface area (Å²) in [6.45, 7) is 3.25. The van der Waals surface area contributed by atoms with Crippen molar-refractivity contribution in [3.8, 4) is 0 Å². The first-order valence-corrected chi connectivity index (χ1v) is 7.20. The highest BCUT2D eigenvalue weighted by molar-refractivity contribution is 6.08. The third-order valence-corrected chi connectivity index (χ3v) is 3.86. The molecule has 1 aliphatic rings. The molecular weight excluding hydrogens is 266 g/mol. The van der Waals surface area contributed by atoms with Crippen molar-refractivity contribution in [1.29, 1.82) is 0 Å². The molecule has 1 amide bonds. The minimum Gasteiger partial charge on any atom is -0.398 e. The molecule has 1 unspecified atom stereocenters. The van der Waals surface area contributed by atoms with E-state index in [-0.39, 0.29) is 12.0 Å². The number of hydrogen-bond donors (Lipinski definition) is 2. The fourth-order valence-corrected chi connectivity index (χ4v) is 2.78. The normalized spacial score (nSPS) is 18.0. The Hall–Kier alpha value is -2.14. The second-order valence-electron chi connectivity index (χ2n) is 5.40. The molecule has 0 spiro atoms. The maximum absolute atomic E-state index is 12.4. The van der Waals surface area contributed by atoms with Crippen molar-refractivity contribution in [3.05, 3.63) is 35.7 Å². The maximum atomic E-state index is 12.4. The predicted molar refractivity (Wildman–Crippen MR) is 82.2 cm³/mol. The number of rotatable bonds is 3. The Morgan fingerprint density at radius 1 is 1.52 bits per heavy atom. The monoisotopic (exact) mass is 285 g/mol. The molecule has 21 heavy (non-hydrogen) atoms. The predicted octanol–water partition coefficient (Wildman–Crippen LogP) is 2.03. The molecule has 0 saturated carbocycles. The molecule has 2 heterocycles. The lowest BCUT2D eigenvalue weighted by atomic mass is 10.0. The van der Waals surface area contributed by atoms with Gasteiger partial charge in [-0.3, -0.25) is 9.78 Å². The number of nitrogens with one attached hydrogen (secondary N) is 1. The van der Waals surface area contributed by atoms with Gasteiger partial charge in [-0.15, -0.1) is 0 Å². The number of aryl methyl sites for hydroxylation is 1. The highest BCUT2D eigenvalue weighted by Gasteiger charge is 2.19. The van der Waals surface area contributed by atoms with Crippen LogP contribution in [-0.2, 0) is 4.74 Å².